The predicted molar refractivity (Wildman–Crippen MR) is 129 cm³/mol. The zero-order valence-corrected chi connectivity index (χ0v) is 20.2. The zero-order chi connectivity index (χ0) is 20.6. The number of benzene rings is 2. The molecule has 1 aliphatic rings. The van der Waals surface area contributed by atoms with E-state index < -0.39 is 0 Å². The van der Waals surface area contributed by atoms with Crippen LogP contribution >= 0.6 is 24.0 Å². The van der Waals surface area contributed by atoms with Gasteiger partial charge in [0.1, 0.15) is 11.6 Å². The Kier molecular flexibility index (Phi) is 9.84. The molecule has 2 aromatic rings. The first kappa shape index (κ1) is 24.4. The molecule has 0 saturated carbocycles. The van der Waals surface area contributed by atoms with Crippen molar-refractivity contribution in [2.75, 3.05) is 26.9 Å². The maximum absolute atomic E-state index is 13.4. The molecule has 0 spiro atoms. The summed E-state index contributed by atoms with van der Waals surface area (Å²) in [6, 6.07) is 11.4. The lowest BCUT2D eigenvalue weighted by molar-refractivity contribution is 0.166. The molecule has 5 nitrogen and oxygen atoms in total. The Morgan fingerprint density at radius 1 is 1.17 bits per heavy atom. The molecule has 1 saturated heterocycles. The number of aliphatic imine (C=N–C) groups is 1. The normalized spacial score (nSPS) is 16.1. The van der Waals surface area contributed by atoms with Crippen molar-refractivity contribution in [3.05, 3.63) is 64.5 Å². The molecule has 1 unspecified atom stereocenters. The van der Waals surface area contributed by atoms with Crippen LogP contribution in [0.1, 0.15) is 28.7 Å². The minimum Gasteiger partial charge on any atom is -0.493 e. The predicted octanol–water partition coefficient (Wildman–Crippen LogP) is 4.34. The van der Waals surface area contributed by atoms with Crippen molar-refractivity contribution in [2.45, 2.75) is 33.4 Å². The van der Waals surface area contributed by atoms with Crippen molar-refractivity contribution in [1.82, 2.24) is 10.6 Å². The van der Waals surface area contributed by atoms with Crippen molar-refractivity contribution in [1.29, 1.82) is 0 Å². The number of hydrogen-bond donors (Lipinski definition) is 2. The molecule has 2 aromatic carbocycles. The van der Waals surface area contributed by atoms with Gasteiger partial charge in [-0.1, -0.05) is 24.3 Å². The van der Waals surface area contributed by atoms with Crippen LogP contribution in [-0.2, 0) is 17.8 Å². The number of halogens is 2. The molecule has 0 bridgehead atoms. The van der Waals surface area contributed by atoms with Gasteiger partial charge < -0.3 is 20.1 Å². The van der Waals surface area contributed by atoms with Gasteiger partial charge in [-0.25, -0.2) is 4.39 Å². The average Bonchev–Trinajstić information content (AvgIpc) is 3.24. The fourth-order valence-electron chi connectivity index (χ4n) is 3.27. The molecule has 2 N–H and O–H groups in total. The van der Waals surface area contributed by atoms with E-state index in [4.69, 9.17) is 9.47 Å². The fourth-order valence-corrected chi connectivity index (χ4v) is 3.27. The van der Waals surface area contributed by atoms with E-state index >= 15 is 0 Å². The van der Waals surface area contributed by atoms with Gasteiger partial charge in [0.25, 0.3) is 0 Å². The lowest BCUT2D eigenvalue weighted by atomic mass is 10.1. The monoisotopic (exact) mass is 527 g/mol. The molecule has 3 rings (SSSR count). The molecule has 1 atom stereocenters. The minimum atomic E-state index is -0.188. The Labute approximate surface area is 195 Å². The molecule has 1 heterocycles. The number of ether oxygens (including phenoxy) is 2. The van der Waals surface area contributed by atoms with Crippen molar-refractivity contribution in [3.63, 3.8) is 0 Å². The van der Waals surface area contributed by atoms with Crippen LogP contribution < -0.4 is 15.4 Å². The standard InChI is InChI=1S/C23H30FN3O2.HI/c1-16-4-6-20(22(10-16)29-15-19-8-9-28-14-19)13-27-23(25-3)26-12-18-5-7-21(24)17(2)11-18;/h4-7,10-11,19H,8-9,12-15H2,1-3H3,(H2,25,26,27);1H. The Balaban J connectivity index is 0.00000320. The highest BCUT2D eigenvalue weighted by atomic mass is 127. The summed E-state index contributed by atoms with van der Waals surface area (Å²) in [6.07, 6.45) is 1.05. The summed E-state index contributed by atoms with van der Waals surface area (Å²) >= 11 is 0. The lowest BCUT2D eigenvalue weighted by Gasteiger charge is -2.17. The highest BCUT2D eigenvalue weighted by molar-refractivity contribution is 14.0. The van der Waals surface area contributed by atoms with Crippen LogP contribution in [0.5, 0.6) is 5.75 Å². The molecular formula is C23H31FIN3O2. The fraction of sp³-hybridized carbons (Fsp3) is 0.435. The Hall–Kier alpha value is -1.87. The first-order valence-corrected chi connectivity index (χ1v) is 10.0. The number of rotatable bonds is 7. The van der Waals surface area contributed by atoms with Crippen molar-refractivity contribution < 1.29 is 13.9 Å². The summed E-state index contributed by atoms with van der Waals surface area (Å²) in [5.41, 5.74) is 3.89. The largest absolute Gasteiger partial charge is 0.493 e. The van der Waals surface area contributed by atoms with Gasteiger partial charge in [-0.15, -0.1) is 24.0 Å². The first-order valence-electron chi connectivity index (χ1n) is 10.0. The average molecular weight is 527 g/mol. The molecule has 1 fully saturated rings. The van der Waals surface area contributed by atoms with Crippen LogP contribution in [0.3, 0.4) is 0 Å². The summed E-state index contributed by atoms with van der Waals surface area (Å²) < 4.78 is 25.0. The summed E-state index contributed by atoms with van der Waals surface area (Å²) in [5, 5.41) is 6.60. The second-order valence-electron chi connectivity index (χ2n) is 7.51. The Morgan fingerprint density at radius 3 is 2.67 bits per heavy atom. The highest BCUT2D eigenvalue weighted by Crippen LogP contribution is 2.22. The van der Waals surface area contributed by atoms with Crippen LogP contribution in [0.4, 0.5) is 4.39 Å². The molecule has 0 amide bonds. The van der Waals surface area contributed by atoms with Crippen molar-refractivity contribution in [3.8, 4) is 5.75 Å². The second-order valence-corrected chi connectivity index (χ2v) is 7.51. The van der Waals surface area contributed by atoms with E-state index in [0.29, 0.717) is 37.1 Å². The second kappa shape index (κ2) is 12.1. The van der Waals surface area contributed by atoms with E-state index in [-0.39, 0.29) is 29.8 Å². The lowest BCUT2D eigenvalue weighted by Crippen LogP contribution is -2.36. The van der Waals surface area contributed by atoms with E-state index in [1.165, 1.54) is 11.6 Å². The maximum atomic E-state index is 13.4. The van der Waals surface area contributed by atoms with Gasteiger partial charge in [-0.05, 0) is 49.1 Å². The summed E-state index contributed by atoms with van der Waals surface area (Å²) in [6.45, 7) is 7.27. The molecular weight excluding hydrogens is 496 g/mol. The van der Waals surface area contributed by atoms with Crippen molar-refractivity contribution in [2.24, 2.45) is 10.9 Å². The van der Waals surface area contributed by atoms with Gasteiger partial charge >= 0.3 is 0 Å². The van der Waals surface area contributed by atoms with E-state index in [2.05, 4.69) is 40.7 Å². The highest BCUT2D eigenvalue weighted by Gasteiger charge is 2.17. The van der Waals surface area contributed by atoms with Crippen molar-refractivity contribution >= 4 is 29.9 Å². The van der Waals surface area contributed by atoms with Crippen LogP contribution in [0.25, 0.3) is 0 Å². The van der Waals surface area contributed by atoms with Gasteiger partial charge in [0, 0.05) is 38.2 Å². The maximum Gasteiger partial charge on any atom is 0.191 e. The molecule has 0 aliphatic carbocycles. The molecule has 7 heteroatoms. The number of aryl methyl sites for hydroxylation is 2. The zero-order valence-electron chi connectivity index (χ0n) is 17.8. The van der Waals surface area contributed by atoms with Gasteiger partial charge in [-0.3, -0.25) is 4.99 Å². The summed E-state index contributed by atoms with van der Waals surface area (Å²) in [7, 11) is 1.73. The first-order chi connectivity index (χ1) is 14.0. The molecule has 0 radical (unpaired) electrons. The van der Waals surface area contributed by atoms with Gasteiger partial charge in [0.15, 0.2) is 5.96 Å². The quantitative estimate of drug-likeness (QED) is 0.320. The van der Waals surface area contributed by atoms with Gasteiger partial charge in [0.2, 0.25) is 0 Å². The van der Waals surface area contributed by atoms with Gasteiger partial charge in [-0.2, -0.15) is 0 Å². The Bertz CT molecular complexity index is 854. The third kappa shape index (κ3) is 7.12. The molecule has 164 valence electrons. The number of hydrogen-bond acceptors (Lipinski definition) is 3. The molecule has 30 heavy (non-hydrogen) atoms. The number of guanidine groups is 1. The topological polar surface area (TPSA) is 54.9 Å². The van der Waals surface area contributed by atoms with E-state index in [1.807, 2.05) is 6.07 Å². The van der Waals surface area contributed by atoms with Crippen LogP contribution in [0, 0.1) is 25.6 Å². The number of nitrogens with one attached hydrogen (secondary N) is 2. The third-order valence-corrected chi connectivity index (χ3v) is 5.07. The van der Waals surface area contributed by atoms with Crippen LogP contribution in [0.15, 0.2) is 41.4 Å². The van der Waals surface area contributed by atoms with Gasteiger partial charge in [0.05, 0.1) is 13.2 Å². The third-order valence-electron chi connectivity index (χ3n) is 5.07. The smallest absolute Gasteiger partial charge is 0.191 e. The van der Waals surface area contributed by atoms with E-state index in [1.54, 1.807) is 20.0 Å². The Morgan fingerprint density at radius 2 is 1.97 bits per heavy atom. The van der Waals surface area contributed by atoms with Crippen LogP contribution in [-0.4, -0.2) is 32.8 Å². The molecule has 0 aromatic heterocycles. The van der Waals surface area contributed by atoms with Crippen LogP contribution in [0.2, 0.25) is 0 Å². The minimum absolute atomic E-state index is 0. The van der Waals surface area contributed by atoms with E-state index in [0.717, 1.165) is 36.5 Å². The van der Waals surface area contributed by atoms with E-state index in [9.17, 15) is 4.39 Å². The summed E-state index contributed by atoms with van der Waals surface area (Å²) in [5.74, 6) is 1.86. The number of nitrogens with zero attached hydrogens (tertiary/aromatic N) is 1. The summed E-state index contributed by atoms with van der Waals surface area (Å²) in [4.78, 5) is 4.28. The molecule has 1 aliphatic heterocycles. The SMILES string of the molecule is CN=C(NCc1ccc(F)c(C)c1)NCc1ccc(C)cc1OCC1CCOC1.I.